The van der Waals surface area contributed by atoms with Crippen molar-refractivity contribution in [1.29, 1.82) is 0 Å². The van der Waals surface area contributed by atoms with Crippen molar-refractivity contribution in [1.82, 2.24) is 9.55 Å². The first-order valence-electron chi connectivity index (χ1n) is 10.3. The highest BCUT2D eigenvalue weighted by atomic mass is 32.1. The summed E-state index contributed by atoms with van der Waals surface area (Å²) in [5, 5.41) is 0.758. The summed E-state index contributed by atoms with van der Waals surface area (Å²) in [7, 11) is 1.61. The van der Waals surface area contributed by atoms with Crippen LogP contribution in [0.25, 0.3) is 32.4 Å². The van der Waals surface area contributed by atoms with E-state index in [9.17, 15) is 4.79 Å². The third-order valence-corrected chi connectivity index (χ3v) is 6.39. The molecule has 2 aromatic heterocycles. The number of amides is 1. The number of aromatic nitrogens is 2. The van der Waals surface area contributed by atoms with Gasteiger partial charge in [0.2, 0.25) is 0 Å². The molecule has 0 fully saturated rings. The number of methoxy groups -OCH3 is 1. The number of para-hydroxylation sites is 2. The van der Waals surface area contributed by atoms with Gasteiger partial charge in [-0.15, -0.1) is 6.42 Å². The molecule has 0 aliphatic heterocycles. The van der Waals surface area contributed by atoms with Crippen molar-refractivity contribution < 1.29 is 9.53 Å². The van der Waals surface area contributed by atoms with E-state index in [1.807, 2.05) is 83.4 Å². The van der Waals surface area contributed by atoms with Crippen molar-refractivity contribution in [3.05, 3.63) is 89.2 Å². The van der Waals surface area contributed by atoms with E-state index < -0.39 is 0 Å². The van der Waals surface area contributed by atoms with Crippen LogP contribution in [0.1, 0.15) is 10.4 Å². The van der Waals surface area contributed by atoms with Crippen LogP contribution in [0, 0.1) is 12.3 Å². The highest BCUT2D eigenvalue weighted by Gasteiger charge is 2.16. The standard InChI is InChI=1S/C27H19N3O2S/c1-3-16-30-25-23(32-2)14-9-15-24(25)33-27(30)29-26(31)20-17-22(18-10-5-4-6-11-18)28-21-13-8-7-12-19(20)21/h1,4-15,17H,16H2,2H3. The van der Waals surface area contributed by atoms with Gasteiger partial charge in [-0.1, -0.05) is 71.9 Å². The van der Waals surface area contributed by atoms with Crippen LogP contribution in [0.3, 0.4) is 0 Å². The number of fused-ring (bicyclic) bond motifs is 2. The summed E-state index contributed by atoms with van der Waals surface area (Å²) >= 11 is 1.41. The Labute approximate surface area is 194 Å². The van der Waals surface area contributed by atoms with Gasteiger partial charge in [-0.2, -0.15) is 4.99 Å². The molecule has 0 aliphatic carbocycles. The summed E-state index contributed by atoms with van der Waals surface area (Å²) in [6, 6.07) is 25.0. The molecule has 0 aliphatic rings. The first kappa shape index (κ1) is 20.7. The topological polar surface area (TPSA) is 56.5 Å². The maximum absolute atomic E-state index is 13.5. The van der Waals surface area contributed by atoms with E-state index in [1.54, 1.807) is 7.11 Å². The SMILES string of the molecule is C#CCn1c(=NC(=O)c2cc(-c3ccccc3)nc3ccccc23)sc2cccc(OC)c21. The zero-order valence-electron chi connectivity index (χ0n) is 17.9. The number of hydrogen-bond acceptors (Lipinski definition) is 4. The lowest BCUT2D eigenvalue weighted by atomic mass is 10.0. The Balaban J connectivity index is 1.73. The molecule has 0 saturated heterocycles. The van der Waals surface area contributed by atoms with Gasteiger partial charge in [0.15, 0.2) is 4.80 Å². The Morgan fingerprint density at radius 1 is 1.09 bits per heavy atom. The largest absolute Gasteiger partial charge is 0.495 e. The van der Waals surface area contributed by atoms with Crippen molar-refractivity contribution in [3.63, 3.8) is 0 Å². The fourth-order valence-corrected chi connectivity index (χ4v) is 4.89. The van der Waals surface area contributed by atoms with Crippen molar-refractivity contribution in [2.45, 2.75) is 6.54 Å². The summed E-state index contributed by atoms with van der Waals surface area (Å²) < 4.78 is 8.31. The minimum absolute atomic E-state index is 0.277. The Morgan fingerprint density at radius 2 is 1.88 bits per heavy atom. The quantitative estimate of drug-likeness (QED) is 0.350. The van der Waals surface area contributed by atoms with E-state index in [0.29, 0.717) is 16.1 Å². The lowest BCUT2D eigenvalue weighted by Crippen LogP contribution is -2.17. The number of carbonyl (C=O) groups is 1. The van der Waals surface area contributed by atoms with E-state index in [4.69, 9.17) is 16.1 Å². The second kappa shape index (κ2) is 8.73. The van der Waals surface area contributed by atoms with E-state index >= 15 is 0 Å². The van der Waals surface area contributed by atoms with Crippen LogP contribution in [0.4, 0.5) is 0 Å². The van der Waals surface area contributed by atoms with Crippen LogP contribution < -0.4 is 9.54 Å². The van der Waals surface area contributed by atoms with Gasteiger partial charge in [0.1, 0.15) is 11.3 Å². The van der Waals surface area contributed by atoms with Crippen LogP contribution in [0.15, 0.2) is 83.9 Å². The van der Waals surface area contributed by atoms with Crippen molar-refractivity contribution in [2.75, 3.05) is 7.11 Å². The molecule has 0 atom stereocenters. The van der Waals surface area contributed by atoms with Crippen LogP contribution >= 0.6 is 11.3 Å². The van der Waals surface area contributed by atoms with Crippen molar-refractivity contribution in [2.24, 2.45) is 4.99 Å². The Kier molecular flexibility index (Phi) is 5.47. The molecule has 0 bridgehead atoms. The van der Waals surface area contributed by atoms with Crippen LogP contribution in [-0.2, 0) is 6.54 Å². The van der Waals surface area contributed by atoms with E-state index in [-0.39, 0.29) is 12.5 Å². The average Bonchev–Trinajstić information content (AvgIpc) is 3.21. The van der Waals surface area contributed by atoms with Crippen LogP contribution in [-0.4, -0.2) is 22.6 Å². The maximum atomic E-state index is 13.5. The molecule has 5 aromatic rings. The normalized spacial score (nSPS) is 11.6. The van der Waals surface area contributed by atoms with E-state index in [2.05, 4.69) is 10.9 Å². The van der Waals surface area contributed by atoms with Gasteiger partial charge in [0, 0.05) is 10.9 Å². The number of ether oxygens (including phenoxy) is 1. The predicted octanol–water partition coefficient (Wildman–Crippen LogP) is 5.30. The summed E-state index contributed by atoms with van der Waals surface area (Å²) in [6.45, 7) is 0.277. The van der Waals surface area contributed by atoms with Crippen LogP contribution in [0.2, 0.25) is 0 Å². The first-order valence-corrected chi connectivity index (χ1v) is 11.2. The third-order valence-electron chi connectivity index (χ3n) is 5.35. The number of pyridine rings is 1. The molecule has 0 N–H and O–H groups in total. The van der Waals surface area contributed by atoms with E-state index in [1.165, 1.54) is 11.3 Å². The highest BCUT2D eigenvalue weighted by molar-refractivity contribution is 7.16. The van der Waals surface area contributed by atoms with Gasteiger partial charge in [-0.05, 0) is 24.3 Å². The molecule has 0 unspecified atom stereocenters. The maximum Gasteiger partial charge on any atom is 0.280 e. The number of thiazole rings is 1. The highest BCUT2D eigenvalue weighted by Crippen LogP contribution is 2.28. The van der Waals surface area contributed by atoms with Crippen molar-refractivity contribution in [3.8, 4) is 29.4 Å². The molecule has 33 heavy (non-hydrogen) atoms. The summed E-state index contributed by atoms with van der Waals surface area (Å²) in [5.41, 5.74) is 3.73. The number of nitrogens with zero attached hydrogens (tertiary/aromatic N) is 3. The Hall–Kier alpha value is -4.21. The van der Waals surface area contributed by atoms with E-state index in [0.717, 1.165) is 32.4 Å². The molecule has 5 rings (SSSR count). The number of carbonyl (C=O) groups excluding carboxylic acids is 1. The molecule has 6 heteroatoms. The lowest BCUT2D eigenvalue weighted by Gasteiger charge is -2.08. The van der Waals surface area contributed by atoms with Gasteiger partial charge >= 0.3 is 0 Å². The molecule has 0 saturated carbocycles. The zero-order chi connectivity index (χ0) is 22.8. The van der Waals surface area contributed by atoms with Crippen molar-refractivity contribution >= 4 is 38.4 Å². The minimum atomic E-state index is -0.345. The molecule has 0 radical (unpaired) electrons. The number of rotatable bonds is 4. The molecule has 1 amide bonds. The predicted molar refractivity (Wildman–Crippen MR) is 132 cm³/mol. The Bertz CT molecular complexity index is 1610. The van der Waals surface area contributed by atoms with Gasteiger partial charge < -0.3 is 9.30 Å². The number of benzene rings is 3. The minimum Gasteiger partial charge on any atom is -0.495 e. The molecule has 2 heterocycles. The average molecular weight is 450 g/mol. The second-order valence-electron chi connectivity index (χ2n) is 7.34. The lowest BCUT2D eigenvalue weighted by molar-refractivity contribution is 0.0999. The van der Waals surface area contributed by atoms with Gasteiger partial charge in [0.05, 0.1) is 35.1 Å². The summed E-state index contributed by atoms with van der Waals surface area (Å²) in [6.07, 6.45) is 5.63. The molecule has 5 nitrogen and oxygen atoms in total. The van der Waals surface area contributed by atoms with Gasteiger partial charge in [-0.3, -0.25) is 4.79 Å². The molecule has 160 valence electrons. The summed E-state index contributed by atoms with van der Waals surface area (Å²) in [4.78, 5) is 23.3. The second-order valence-corrected chi connectivity index (χ2v) is 8.35. The summed E-state index contributed by atoms with van der Waals surface area (Å²) in [5.74, 6) is 3.00. The first-order chi connectivity index (χ1) is 16.2. The Morgan fingerprint density at radius 3 is 2.67 bits per heavy atom. The molecule has 0 spiro atoms. The fourth-order valence-electron chi connectivity index (χ4n) is 3.84. The van der Waals surface area contributed by atoms with Gasteiger partial charge in [0.25, 0.3) is 5.91 Å². The smallest absolute Gasteiger partial charge is 0.280 e. The monoisotopic (exact) mass is 449 g/mol. The number of terminal acetylenes is 1. The third kappa shape index (κ3) is 3.79. The van der Waals surface area contributed by atoms with Crippen LogP contribution in [0.5, 0.6) is 5.75 Å². The number of hydrogen-bond donors (Lipinski definition) is 0. The molecular weight excluding hydrogens is 430 g/mol. The molecule has 3 aromatic carbocycles. The zero-order valence-corrected chi connectivity index (χ0v) is 18.7. The van der Waals surface area contributed by atoms with Gasteiger partial charge in [-0.25, -0.2) is 4.98 Å². The molecular formula is C27H19N3O2S. The fraction of sp³-hybridized carbons (Fsp3) is 0.0741.